The minimum absolute atomic E-state index is 0.0728. The molecular weight excluding hydrogens is 650 g/mol. The third-order valence-electron chi connectivity index (χ3n) is 6.17. The number of furan rings is 1. The number of thioether (sulfide) groups is 1. The molecule has 0 spiro atoms. The van der Waals surface area contributed by atoms with Gasteiger partial charge in [-0.3, -0.25) is 24.6 Å². The molecule has 0 bridgehead atoms. The van der Waals surface area contributed by atoms with Crippen LogP contribution in [0.2, 0.25) is 0 Å². The molecule has 1 fully saturated rings. The summed E-state index contributed by atoms with van der Waals surface area (Å²) in [4.78, 5) is 38.5. The number of nitrogens with one attached hydrogen (secondary N) is 1. The third-order valence-corrected chi connectivity index (χ3v) is 7.66. The summed E-state index contributed by atoms with van der Waals surface area (Å²) in [6.45, 7) is 1.84. The van der Waals surface area contributed by atoms with E-state index in [4.69, 9.17) is 9.15 Å². The van der Waals surface area contributed by atoms with Gasteiger partial charge in [-0.15, -0.1) is 5.10 Å². The number of nitro benzene ring substituents is 1. The number of non-ortho nitro benzene ring substituents is 1. The molecule has 1 aliphatic rings. The molecular formula is C31H24BrN5O6S. The normalized spacial score (nSPS) is 15.0. The smallest absolute Gasteiger partial charge is 0.270 e. The molecule has 5 rings (SSSR count). The first-order valence-electron chi connectivity index (χ1n) is 13.1. The molecule has 13 heteroatoms. The first-order valence-corrected chi connectivity index (χ1v) is 14.7. The van der Waals surface area contributed by atoms with Crippen LogP contribution in [0.3, 0.4) is 0 Å². The van der Waals surface area contributed by atoms with Gasteiger partial charge in [-0.05, 0) is 67.2 Å². The minimum Gasteiger partial charge on any atom is -0.483 e. The number of nitro groups is 1. The van der Waals surface area contributed by atoms with Gasteiger partial charge in [-0.2, -0.15) is 5.10 Å². The maximum absolute atomic E-state index is 13.6. The van der Waals surface area contributed by atoms with E-state index < -0.39 is 4.92 Å². The molecule has 0 aliphatic carbocycles. The van der Waals surface area contributed by atoms with Crippen molar-refractivity contribution >= 4 is 68.3 Å². The number of halogens is 1. The van der Waals surface area contributed by atoms with Crippen molar-refractivity contribution in [1.82, 2.24) is 4.90 Å². The van der Waals surface area contributed by atoms with Crippen LogP contribution >= 0.6 is 27.7 Å². The lowest BCUT2D eigenvalue weighted by molar-refractivity contribution is -0.384. The van der Waals surface area contributed by atoms with Crippen molar-refractivity contribution in [3.05, 3.63) is 127 Å². The zero-order valence-corrected chi connectivity index (χ0v) is 25.6. The van der Waals surface area contributed by atoms with Gasteiger partial charge in [0.2, 0.25) is 0 Å². The molecule has 222 valence electrons. The number of nitrogens with zero attached hydrogens (tertiary/aromatic N) is 4. The summed E-state index contributed by atoms with van der Waals surface area (Å²) < 4.78 is 12.0. The van der Waals surface area contributed by atoms with E-state index in [1.807, 2.05) is 31.2 Å². The van der Waals surface area contributed by atoms with Crippen LogP contribution in [-0.2, 0) is 16.1 Å². The second kappa shape index (κ2) is 14.0. The Labute approximate surface area is 264 Å². The summed E-state index contributed by atoms with van der Waals surface area (Å²) in [7, 11) is 0. The number of carbonyl (C=O) groups excluding carboxylic acids is 2. The van der Waals surface area contributed by atoms with Crippen molar-refractivity contribution in [2.45, 2.75) is 13.5 Å². The van der Waals surface area contributed by atoms with Gasteiger partial charge in [0.15, 0.2) is 11.8 Å². The van der Waals surface area contributed by atoms with Gasteiger partial charge in [0.25, 0.3) is 17.5 Å². The van der Waals surface area contributed by atoms with Crippen molar-refractivity contribution in [3.8, 4) is 5.75 Å². The molecule has 2 heterocycles. The summed E-state index contributed by atoms with van der Waals surface area (Å²) >= 11 is 4.56. The van der Waals surface area contributed by atoms with E-state index in [1.54, 1.807) is 48.5 Å². The van der Waals surface area contributed by atoms with E-state index in [-0.39, 0.29) is 35.8 Å². The zero-order chi connectivity index (χ0) is 31.1. The van der Waals surface area contributed by atoms with Crippen molar-refractivity contribution in [1.29, 1.82) is 0 Å². The predicted molar refractivity (Wildman–Crippen MR) is 172 cm³/mol. The number of benzene rings is 3. The standard InChI is InChI=1S/C31H24BrN5O6S/c1-20-7-10-24(11-8-20)34-29(38)19-43-27-12-9-23(32)15-22(27)16-28-30(39)36(18-26-6-3-13-42-26)31(44-28)35-33-17-21-4-2-5-25(14-21)37(40)41/h2-17H,18-19H2,1H3,(H,34,38)/b28-16-,33-17+,35-31-. The Morgan fingerprint density at radius 3 is 2.70 bits per heavy atom. The molecule has 0 unspecified atom stereocenters. The summed E-state index contributed by atoms with van der Waals surface area (Å²) in [6, 6.07) is 22.1. The van der Waals surface area contributed by atoms with Gasteiger partial charge in [0.05, 0.1) is 28.9 Å². The van der Waals surface area contributed by atoms with Crippen LogP contribution in [0.5, 0.6) is 5.75 Å². The lowest BCUT2D eigenvalue weighted by Gasteiger charge is -2.13. The molecule has 44 heavy (non-hydrogen) atoms. The van der Waals surface area contributed by atoms with E-state index in [0.717, 1.165) is 21.8 Å². The minimum atomic E-state index is -0.493. The highest BCUT2D eigenvalue weighted by molar-refractivity contribution is 9.10. The first-order chi connectivity index (χ1) is 21.2. The SMILES string of the molecule is Cc1ccc(NC(=O)COc2ccc(Br)cc2/C=C2\S/C(=N\N=C\c3cccc([N+](=O)[O-])c3)N(Cc3ccco3)C2=O)cc1. The molecule has 1 aliphatic heterocycles. The lowest BCUT2D eigenvalue weighted by atomic mass is 10.2. The number of carbonyl (C=O) groups is 2. The van der Waals surface area contributed by atoms with Crippen LogP contribution in [0.15, 0.2) is 109 Å². The average Bonchev–Trinajstić information content (AvgIpc) is 3.62. The maximum Gasteiger partial charge on any atom is 0.270 e. The van der Waals surface area contributed by atoms with Crippen LogP contribution in [-0.4, -0.2) is 39.6 Å². The highest BCUT2D eigenvalue weighted by Crippen LogP contribution is 2.36. The Kier molecular flexibility index (Phi) is 9.67. The largest absolute Gasteiger partial charge is 0.483 e. The number of hydrogen-bond acceptors (Lipinski definition) is 9. The predicted octanol–water partition coefficient (Wildman–Crippen LogP) is 6.78. The average molecular weight is 675 g/mol. The maximum atomic E-state index is 13.6. The number of rotatable bonds is 10. The first kappa shape index (κ1) is 30.4. The second-order valence-corrected chi connectivity index (χ2v) is 11.4. The van der Waals surface area contributed by atoms with Crippen LogP contribution < -0.4 is 10.1 Å². The van der Waals surface area contributed by atoms with E-state index in [9.17, 15) is 19.7 Å². The number of amides is 2. The van der Waals surface area contributed by atoms with E-state index in [0.29, 0.717) is 33.2 Å². The van der Waals surface area contributed by atoms with Gasteiger partial charge in [-0.25, -0.2) is 0 Å². The molecule has 11 nitrogen and oxygen atoms in total. The number of hydrogen-bond donors (Lipinski definition) is 1. The second-order valence-electron chi connectivity index (χ2n) is 9.45. The fraction of sp³-hybridized carbons (Fsp3) is 0.0968. The fourth-order valence-electron chi connectivity index (χ4n) is 4.03. The Bertz CT molecular complexity index is 1790. The molecule has 2 amide bonds. The van der Waals surface area contributed by atoms with Crippen LogP contribution in [0.1, 0.15) is 22.5 Å². The molecule has 0 radical (unpaired) electrons. The Balaban J connectivity index is 1.37. The highest BCUT2D eigenvalue weighted by Gasteiger charge is 2.34. The van der Waals surface area contributed by atoms with Crippen molar-refractivity contribution in [2.75, 3.05) is 11.9 Å². The summed E-state index contributed by atoms with van der Waals surface area (Å²) in [6.07, 6.45) is 4.55. The number of ether oxygens (including phenoxy) is 1. The molecule has 1 N–H and O–H groups in total. The molecule has 4 aromatic rings. The summed E-state index contributed by atoms with van der Waals surface area (Å²) in [5.74, 6) is 0.280. The highest BCUT2D eigenvalue weighted by atomic mass is 79.9. The van der Waals surface area contributed by atoms with E-state index >= 15 is 0 Å². The fourth-order valence-corrected chi connectivity index (χ4v) is 5.33. The van der Waals surface area contributed by atoms with Crippen LogP contribution in [0.4, 0.5) is 11.4 Å². The molecule has 1 saturated heterocycles. The lowest BCUT2D eigenvalue weighted by Crippen LogP contribution is -2.28. The van der Waals surface area contributed by atoms with Crippen LogP contribution in [0.25, 0.3) is 6.08 Å². The quantitative estimate of drug-likeness (QED) is 0.0847. The Morgan fingerprint density at radius 2 is 1.95 bits per heavy atom. The molecule has 0 atom stereocenters. The van der Waals surface area contributed by atoms with Crippen LogP contribution in [0, 0.1) is 17.0 Å². The van der Waals surface area contributed by atoms with E-state index in [1.165, 1.54) is 29.5 Å². The number of aryl methyl sites for hydroxylation is 1. The Hall–Kier alpha value is -5.01. The molecule has 0 saturated carbocycles. The summed E-state index contributed by atoms with van der Waals surface area (Å²) in [5, 5.41) is 22.5. The van der Waals surface area contributed by atoms with Gasteiger partial charge < -0.3 is 14.5 Å². The third kappa shape index (κ3) is 7.88. The molecule has 3 aromatic carbocycles. The van der Waals surface area contributed by atoms with Gasteiger partial charge in [0, 0.05) is 33.4 Å². The van der Waals surface area contributed by atoms with Crippen molar-refractivity contribution in [2.24, 2.45) is 10.2 Å². The monoisotopic (exact) mass is 673 g/mol. The number of amidine groups is 1. The Morgan fingerprint density at radius 1 is 1.14 bits per heavy atom. The van der Waals surface area contributed by atoms with Crippen molar-refractivity contribution in [3.63, 3.8) is 0 Å². The van der Waals surface area contributed by atoms with Gasteiger partial charge >= 0.3 is 0 Å². The number of anilines is 1. The van der Waals surface area contributed by atoms with Gasteiger partial charge in [-0.1, -0.05) is 45.8 Å². The summed E-state index contributed by atoms with van der Waals surface area (Å²) in [5.41, 5.74) is 2.71. The topological polar surface area (TPSA) is 140 Å². The molecule has 1 aromatic heterocycles. The zero-order valence-electron chi connectivity index (χ0n) is 23.2. The van der Waals surface area contributed by atoms with Gasteiger partial charge in [0.1, 0.15) is 11.5 Å². The van der Waals surface area contributed by atoms with E-state index in [2.05, 4.69) is 31.4 Å². The van der Waals surface area contributed by atoms with Crippen molar-refractivity contribution < 1.29 is 23.7 Å².